The van der Waals surface area contributed by atoms with Crippen molar-refractivity contribution in [2.45, 2.75) is 47.6 Å². The number of nitrogens with two attached hydrogens (primary N) is 2. The Bertz CT molecular complexity index is 1290. The van der Waals surface area contributed by atoms with Gasteiger partial charge in [0.25, 0.3) is 22.9 Å². The lowest BCUT2D eigenvalue weighted by molar-refractivity contribution is -0.151. The summed E-state index contributed by atoms with van der Waals surface area (Å²) in [6.45, 7) is 5.86. The molecule has 0 aliphatic carbocycles. The molecule has 2 aromatic rings. The van der Waals surface area contributed by atoms with Crippen LogP contribution in [0.4, 0.5) is 8.78 Å². The number of ether oxygens (including phenoxy) is 2. The summed E-state index contributed by atoms with van der Waals surface area (Å²) in [7, 11) is 0. The molecule has 0 aliphatic rings. The lowest BCUT2D eigenvalue weighted by atomic mass is 10.1. The number of aromatic nitrogens is 4. The van der Waals surface area contributed by atoms with Crippen molar-refractivity contribution in [1.82, 2.24) is 19.1 Å². The SMILES string of the molecule is CC(C)C(=O)OCn1cc(F)nc(C(N)=O)c1=O.CC(C)CC(=O)OCn1cc(F)nc(C(N)=O)c1=O. The highest BCUT2D eigenvalue weighted by Gasteiger charge is 2.16. The van der Waals surface area contributed by atoms with E-state index in [-0.39, 0.29) is 18.3 Å². The molecular weight excluding hydrogens is 502 g/mol. The number of esters is 2. The van der Waals surface area contributed by atoms with Crippen molar-refractivity contribution in [1.29, 1.82) is 0 Å². The largest absolute Gasteiger partial charge is 0.444 e. The molecule has 202 valence electrons. The molecule has 2 amide bonds. The predicted molar refractivity (Wildman–Crippen MR) is 120 cm³/mol. The van der Waals surface area contributed by atoms with E-state index in [0.717, 1.165) is 17.0 Å². The monoisotopic (exact) mass is 528 g/mol. The Morgan fingerprint density at radius 3 is 1.59 bits per heavy atom. The van der Waals surface area contributed by atoms with Crippen molar-refractivity contribution in [3.63, 3.8) is 0 Å². The summed E-state index contributed by atoms with van der Waals surface area (Å²) in [5.74, 6) is -5.80. The van der Waals surface area contributed by atoms with Crippen molar-refractivity contribution in [2.75, 3.05) is 0 Å². The third-order valence-corrected chi connectivity index (χ3v) is 4.11. The van der Waals surface area contributed by atoms with Gasteiger partial charge in [-0.3, -0.25) is 37.9 Å². The molecule has 0 atom stereocenters. The van der Waals surface area contributed by atoms with E-state index in [1.165, 1.54) is 0 Å². The molecule has 2 rings (SSSR count). The number of carbonyl (C=O) groups excluding carboxylic acids is 4. The van der Waals surface area contributed by atoms with Crippen LogP contribution in [0.3, 0.4) is 0 Å². The van der Waals surface area contributed by atoms with Crippen LogP contribution >= 0.6 is 0 Å². The number of amides is 2. The van der Waals surface area contributed by atoms with Crippen LogP contribution in [0.15, 0.2) is 22.0 Å². The zero-order chi connectivity index (χ0) is 28.4. The molecule has 0 aliphatic heterocycles. The third kappa shape index (κ3) is 9.58. The molecule has 14 nitrogen and oxygen atoms in total. The second-order valence-corrected chi connectivity index (χ2v) is 8.09. The third-order valence-electron chi connectivity index (χ3n) is 4.11. The van der Waals surface area contributed by atoms with Gasteiger partial charge in [0.15, 0.2) is 24.8 Å². The quantitative estimate of drug-likeness (QED) is 0.405. The summed E-state index contributed by atoms with van der Waals surface area (Å²) in [6.07, 6.45) is 1.63. The van der Waals surface area contributed by atoms with Crippen molar-refractivity contribution in [3.8, 4) is 0 Å². The van der Waals surface area contributed by atoms with Crippen LogP contribution in [0.25, 0.3) is 0 Å². The zero-order valence-corrected chi connectivity index (χ0v) is 20.4. The van der Waals surface area contributed by atoms with Gasteiger partial charge in [-0.2, -0.15) is 8.78 Å². The van der Waals surface area contributed by atoms with E-state index in [1.54, 1.807) is 13.8 Å². The van der Waals surface area contributed by atoms with Crippen LogP contribution < -0.4 is 22.6 Å². The van der Waals surface area contributed by atoms with Crippen molar-refractivity contribution < 1.29 is 37.4 Å². The fourth-order valence-electron chi connectivity index (χ4n) is 2.36. The second kappa shape index (κ2) is 13.6. The van der Waals surface area contributed by atoms with Crippen LogP contribution in [0.2, 0.25) is 0 Å². The van der Waals surface area contributed by atoms with Crippen LogP contribution in [0.1, 0.15) is 55.1 Å². The number of nitrogens with zero attached hydrogens (tertiary/aromatic N) is 4. The number of hydrogen-bond donors (Lipinski definition) is 2. The van der Waals surface area contributed by atoms with Crippen molar-refractivity contribution in [2.24, 2.45) is 23.3 Å². The average molecular weight is 528 g/mol. The maximum Gasteiger partial charge on any atom is 0.310 e. The number of hydrogen-bond acceptors (Lipinski definition) is 10. The van der Waals surface area contributed by atoms with Gasteiger partial charge in [-0.05, 0) is 5.92 Å². The van der Waals surface area contributed by atoms with Crippen LogP contribution in [-0.2, 0) is 32.5 Å². The molecule has 0 spiro atoms. The first-order chi connectivity index (χ1) is 17.1. The summed E-state index contributed by atoms with van der Waals surface area (Å²) in [6, 6.07) is 0. The summed E-state index contributed by atoms with van der Waals surface area (Å²) < 4.78 is 37.1. The smallest absolute Gasteiger partial charge is 0.310 e. The van der Waals surface area contributed by atoms with Gasteiger partial charge < -0.3 is 20.9 Å². The number of halogens is 2. The van der Waals surface area contributed by atoms with Gasteiger partial charge in [0.2, 0.25) is 11.9 Å². The Kier molecular flexibility index (Phi) is 11.2. The Labute approximate surface area is 208 Å². The molecule has 0 fully saturated rings. The molecule has 0 unspecified atom stereocenters. The standard InChI is InChI=1S/C11H14FN3O4.C10H12FN3O4/c1-6(2)3-8(16)19-5-15-4-7(12)14-9(10(13)17)11(15)18;1-5(2)10(17)18-4-14-3-6(11)13-7(8(12)15)9(14)16/h4,6H,3,5H2,1-2H3,(H2,13,17);3,5H,4H2,1-2H3,(H2,12,15). The van der Waals surface area contributed by atoms with Crippen molar-refractivity contribution >= 4 is 23.8 Å². The molecule has 0 bridgehead atoms. The second-order valence-electron chi connectivity index (χ2n) is 8.09. The fourth-order valence-corrected chi connectivity index (χ4v) is 2.36. The molecule has 37 heavy (non-hydrogen) atoms. The van der Waals surface area contributed by atoms with E-state index < -0.39 is 71.6 Å². The molecule has 16 heteroatoms. The minimum absolute atomic E-state index is 0.0968. The van der Waals surface area contributed by atoms with Gasteiger partial charge in [0, 0.05) is 6.42 Å². The first-order valence-corrected chi connectivity index (χ1v) is 10.6. The normalized spacial score (nSPS) is 10.5. The van der Waals surface area contributed by atoms with Gasteiger partial charge >= 0.3 is 11.9 Å². The minimum Gasteiger partial charge on any atom is -0.444 e. The Morgan fingerprint density at radius 2 is 1.24 bits per heavy atom. The number of carbonyl (C=O) groups is 4. The Balaban J connectivity index is 0.000000371. The topological polar surface area (TPSA) is 209 Å². The summed E-state index contributed by atoms with van der Waals surface area (Å²) in [5, 5.41) is 0. The van der Waals surface area contributed by atoms with Gasteiger partial charge in [-0.25, -0.2) is 9.97 Å². The minimum atomic E-state index is -1.15. The molecule has 4 N–H and O–H groups in total. The van der Waals surface area contributed by atoms with E-state index in [1.807, 2.05) is 13.8 Å². The Morgan fingerprint density at radius 1 is 0.838 bits per heavy atom. The van der Waals surface area contributed by atoms with Gasteiger partial charge in [0.1, 0.15) is 0 Å². The van der Waals surface area contributed by atoms with Gasteiger partial charge in [0.05, 0.1) is 18.3 Å². The van der Waals surface area contributed by atoms with Crippen LogP contribution in [0, 0.1) is 23.7 Å². The van der Waals surface area contributed by atoms with Gasteiger partial charge in [-0.15, -0.1) is 0 Å². The van der Waals surface area contributed by atoms with E-state index in [2.05, 4.69) is 9.97 Å². The average Bonchev–Trinajstić information content (AvgIpc) is 2.78. The molecular formula is C21H26F2N6O8. The van der Waals surface area contributed by atoms with Gasteiger partial charge in [-0.1, -0.05) is 27.7 Å². The lowest BCUT2D eigenvalue weighted by Gasteiger charge is -2.09. The molecule has 2 aromatic heterocycles. The number of rotatable bonds is 9. The van der Waals surface area contributed by atoms with Crippen molar-refractivity contribution in [3.05, 3.63) is 56.4 Å². The summed E-state index contributed by atoms with van der Waals surface area (Å²) in [5.41, 5.74) is 6.45. The van der Waals surface area contributed by atoms with E-state index in [9.17, 15) is 37.5 Å². The van der Waals surface area contributed by atoms with Crippen LogP contribution in [0.5, 0.6) is 0 Å². The van der Waals surface area contributed by atoms with Crippen LogP contribution in [-0.4, -0.2) is 42.9 Å². The molecule has 0 saturated carbocycles. The molecule has 0 aromatic carbocycles. The van der Waals surface area contributed by atoms with E-state index in [4.69, 9.17) is 20.9 Å². The highest BCUT2D eigenvalue weighted by atomic mass is 19.1. The maximum absolute atomic E-state index is 13.1. The lowest BCUT2D eigenvalue weighted by Crippen LogP contribution is -2.33. The first-order valence-electron chi connectivity index (χ1n) is 10.6. The predicted octanol–water partition coefficient (Wildman–Crippen LogP) is -0.334. The highest BCUT2D eigenvalue weighted by Crippen LogP contribution is 2.02. The van der Waals surface area contributed by atoms with E-state index in [0.29, 0.717) is 4.57 Å². The highest BCUT2D eigenvalue weighted by molar-refractivity contribution is 5.90. The zero-order valence-electron chi connectivity index (χ0n) is 20.4. The summed E-state index contributed by atoms with van der Waals surface area (Å²) in [4.78, 5) is 73.6. The summed E-state index contributed by atoms with van der Waals surface area (Å²) >= 11 is 0. The number of primary amides is 2. The maximum atomic E-state index is 13.1. The fraction of sp³-hybridized carbons (Fsp3) is 0.429. The Hall–Kier alpha value is -4.50. The molecule has 0 radical (unpaired) electrons. The molecule has 2 heterocycles. The molecule has 0 saturated heterocycles. The van der Waals surface area contributed by atoms with E-state index >= 15 is 0 Å². The first kappa shape index (κ1) is 30.5.